The van der Waals surface area contributed by atoms with Gasteiger partial charge in [-0.25, -0.2) is 0 Å². The second kappa shape index (κ2) is 6.04. The van der Waals surface area contributed by atoms with Crippen molar-refractivity contribution in [2.75, 3.05) is 6.61 Å². The molecule has 1 N–H and O–H groups in total. The molecule has 0 aromatic carbocycles. The lowest BCUT2D eigenvalue weighted by atomic mass is 9.93. The fourth-order valence-corrected chi connectivity index (χ4v) is 2.12. The zero-order chi connectivity index (χ0) is 12.1. The van der Waals surface area contributed by atoms with Crippen molar-refractivity contribution in [1.29, 1.82) is 0 Å². The molecule has 1 heterocycles. The van der Waals surface area contributed by atoms with E-state index in [1.54, 1.807) is 0 Å². The van der Waals surface area contributed by atoms with Crippen LogP contribution in [-0.2, 0) is 19.9 Å². The molecule has 1 atom stereocenters. The Labute approximate surface area is 98.5 Å². The van der Waals surface area contributed by atoms with Crippen LogP contribution in [0.4, 0.5) is 0 Å². The highest BCUT2D eigenvalue weighted by Crippen LogP contribution is 2.17. The number of aryl methyl sites for hydroxylation is 2. The largest absolute Gasteiger partial charge is 0.396 e. The van der Waals surface area contributed by atoms with E-state index in [4.69, 9.17) is 0 Å². The number of aliphatic hydroxyl groups is 1. The summed E-state index contributed by atoms with van der Waals surface area (Å²) in [7, 11) is 1.98. The first-order chi connectivity index (χ1) is 7.56. The Hall–Kier alpha value is -0.830. The molecular weight excluding hydrogens is 200 g/mol. The molecule has 0 radical (unpaired) electrons. The van der Waals surface area contributed by atoms with Gasteiger partial charge < -0.3 is 5.11 Å². The van der Waals surface area contributed by atoms with Crippen molar-refractivity contribution < 1.29 is 5.11 Å². The third-order valence-corrected chi connectivity index (χ3v) is 2.95. The summed E-state index contributed by atoms with van der Waals surface area (Å²) in [4.78, 5) is 0. The van der Waals surface area contributed by atoms with Crippen LogP contribution in [-0.4, -0.2) is 21.5 Å². The predicted molar refractivity (Wildman–Crippen MR) is 66.3 cm³/mol. The van der Waals surface area contributed by atoms with Gasteiger partial charge in [0.25, 0.3) is 0 Å². The summed E-state index contributed by atoms with van der Waals surface area (Å²) in [5.74, 6) is 0.996. The quantitative estimate of drug-likeness (QED) is 0.804. The first-order valence-electron chi connectivity index (χ1n) is 6.19. The minimum Gasteiger partial charge on any atom is -0.396 e. The molecule has 0 aliphatic rings. The van der Waals surface area contributed by atoms with Crippen molar-refractivity contribution in [3.63, 3.8) is 0 Å². The minimum absolute atomic E-state index is 0.269. The van der Waals surface area contributed by atoms with Gasteiger partial charge in [-0.3, -0.25) is 4.68 Å². The summed E-state index contributed by atoms with van der Waals surface area (Å²) in [5, 5.41) is 13.8. The van der Waals surface area contributed by atoms with Crippen molar-refractivity contribution in [1.82, 2.24) is 9.78 Å². The number of rotatable bonds is 6. The van der Waals surface area contributed by atoms with Crippen LogP contribution in [0.1, 0.15) is 38.6 Å². The Morgan fingerprint density at radius 3 is 2.56 bits per heavy atom. The van der Waals surface area contributed by atoms with Crippen LogP contribution in [0.15, 0.2) is 6.07 Å². The fourth-order valence-electron chi connectivity index (χ4n) is 2.12. The topological polar surface area (TPSA) is 38.0 Å². The van der Waals surface area contributed by atoms with E-state index in [-0.39, 0.29) is 6.61 Å². The third-order valence-electron chi connectivity index (χ3n) is 2.95. The van der Waals surface area contributed by atoms with Crippen LogP contribution < -0.4 is 0 Å². The van der Waals surface area contributed by atoms with Crippen molar-refractivity contribution >= 4 is 0 Å². The van der Waals surface area contributed by atoms with Gasteiger partial charge in [0.15, 0.2) is 0 Å². The predicted octanol–water partition coefficient (Wildman–Crippen LogP) is 2.18. The van der Waals surface area contributed by atoms with Gasteiger partial charge in [0.2, 0.25) is 0 Å². The van der Waals surface area contributed by atoms with E-state index < -0.39 is 0 Å². The van der Waals surface area contributed by atoms with Gasteiger partial charge in [-0.2, -0.15) is 5.10 Å². The van der Waals surface area contributed by atoms with Crippen LogP contribution >= 0.6 is 0 Å². The number of hydrogen-bond donors (Lipinski definition) is 1. The number of aliphatic hydroxyl groups excluding tert-OH is 1. The molecule has 0 fully saturated rings. The van der Waals surface area contributed by atoms with E-state index in [1.165, 1.54) is 5.69 Å². The summed E-state index contributed by atoms with van der Waals surface area (Å²) in [6, 6.07) is 2.16. The molecule has 0 saturated heterocycles. The molecule has 1 aromatic rings. The maximum Gasteiger partial charge on any atom is 0.0624 e. The lowest BCUT2D eigenvalue weighted by Crippen LogP contribution is -2.14. The summed E-state index contributed by atoms with van der Waals surface area (Å²) < 4.78 is 1.95. The fraction of sp³-hybridized carbons (Fsp3) is 0.769. The molecule has 0 saturated carbocycles. The van der Waals surface area contributed by atoms with Crippen molar-refractivity contribution in [2.24, 2.45) is 18.9 Å². The Morgan fingerprint density at radius 2 is 2.12 bits per heavy atom. The highest BCUT2D eigenvalue weighted by atomic mass is 16.3. The zero-order valence-corrected chi connectivity index (χ0v) is 10.9. The van der Waals surface area contributed by atoms with Crippen molar-refractivity contribution in [2.45, 2.75) is 40.0 Å². The first kappa shape index (κ1) is 13.2. The Bertz CT molecular complexity index is 318. The lowest BCUT2D eigenvalue weighted by molar-refractivity contribution is 0.203. The third kappa shape index (κ3) is 3.63. The molecular formula is C13H24N2O. The molecule has 0 amide bonds. The zero-order valence-electron chi connectivity index (χ0n) is 10.9. The van der Waals surface area contributed by atoms with E-state index in [0.29, 0.717) is 11.8 Å². The van der Waals surface area contributed by atoms with Crippen LogP contribution in [0.5, 0.6) is 0 Å². The highest BCUT2D eigenvalue weighted by Gasteiger charge is 2.13. The number of nitrogens with zero attached hydrogens (tertiary/aromatic N) is 2. The van der Waals surface area contributed by atoms with Gasteiger partial charge in [-0.15, -0.1) is 0 Å². The van der Waals surface area contributed by atoms with Gasteiger partial charge >= 0.3 is 0 Å². The maximum absolute atomic E-state index is 9.36. The summed E-state index contributed by atoms with van der Waals surface area (Å²) >= 11 is 0. The minimum atomic E-state index is 0.269. The molecule has 1 aromatic heterocycles. The normalized spacial score (nSPS) is 13.4. The van der Waals surface area contributed by atoms with Gasteiger partial charge in [0.1, 0.15) is 0 Å². The molecule has 0 aliphatic heterocycles. The molecule has 92 valence electrons. The number of aromatic nitrogens is 2. The second-order valence-corrected chi connectivity index (χ2v) is 4.99. The standard InChI is InChI=1S/C13H24N2O/c1-5-12-8-13(15(4)14-12)7-11(9-16)6-10(2)3/h8,10-11,16H,5-7,9H2,1-4H3. The van der Waals surface area contributed by atoms with E-state index in [9.17, 15) is 5.11 Å². The average molecular weight is 224 g/mol. The van der Waals surface area contributed by atoms with Crippen LogP contribution in [0.3, 0.4) is 0 Å². The van der Waals surface area contributed by atoms with Crippen LogP contribution in [0, 0.1) is 11.8 Å². The smallest absolute Gasteiger partial charge is 0.0624 e. The molecule has 3 nitrogen and oxygen atoms in total. The van der Waals surface area contributed by atoms with Gasteiger partial charge in [-0.1, -0.05) is 20.8 Å². The Balaban J connectivity index is 2.65. The molecule has 1 unspecified atom stereocenters. The molecule has 3 heteroatoms. The first-order valence-corrected chi connectivity index (χ1v) is 6.19. The van der Waals surface area contributed by atoms with Gasteiger partial charge in [0.05, 0.1) is 5.69 Å². The number of hydrogen-bond acceptors (Lipinski definition) is 2. The Morgan fingerprint density at radius 1 is 1.44 bits per heavy atom. The van der Waals surface area contributed by atoms with E-state index in [1.807, 2.05) is 11.7 Å². The van der Waals surface area contributed by atoms with Crippen molar-refractivity contribution in [3.8, 4) is 0 Å². The molecule has 1 rings (SSSR count). The molecule has 0 bridgehead atoms. The lowest BCUT2D eigenvalue weighted by Gasteiger charge is -2.16. The summed E-state index contributed by atoms with van der Waals surface area (Å²) in [6.45, 7) is 6.78. The molecule has 16 heavy (non-hydrogen) atoms. The van der Waals surface area contributed by atoms with Gasteiger partial charge in [-0.05, 0) is 37.2 Å². The SMILES string of the molecule is CCc1cc(CC(CO)CC(C)C)n(C)n1. The van der Waals surface area contributed by atoms with E-state index >= 15 is 0 Å². The van der Waals surface area contributed by atoms with E-state index in [2.05, 4.69) is 31.9 Å². The average Bonchev–Trinajstić information content (AvgIpc) is 2.58. The molecule has 0 spiro atoms. The highest BCUT2D eigenvalue weighted by molar-refractivity contribution is 5.10. The van der Waals surface area contributed by atoms with Crippen LogP contribution in [0.25, 0.3) is 0 Å². The van der Waals surface area contributed by atoms with Crippen molar-refractivity contribution in [3.05, 3.63) is 17.5 Å². The van der Waals surface area contributed by atoms with Gasteiger partial charge in [0, 0.05) is 19.3 Å². The van der Waals surface area contributed by atoms with E-state index in [0.717, 1.165) is 25.0 Å². The summed E-state index contributed by atoms with van der Waals surface area (Å²) in [6.07, 6.45) is 2.98. The summed E-state index contributed by atoms with van der Waals surface area (Å²) in [5.41, 5.74) is 2.37. The Kier molecular flexibility index (Phi) is 5.00. The second-order valence-electron chi connectivity index (χ2n) is 4.99. The monoisotopic (exact) mass is 224 g/mol. The maximum atomic E-state index is 9.36. The molecule has 0 aliphatic carbocycles. The van der Waals surface area contributed by atoms with Crippen LogP contribution in [0.2, 0.25) is 0 Å².